The van der Waals surface area contributed by atoms with Crippen molar-refractivity contribution in [2.24, 2.45) is 0 Å². The topological polar surface area (TPSA) is 37.4 Å². The highest BCUT2D eigenvalue weighted by Gasteiger charge is 2.22. The molecule has 0 aliphatic carbocycles. The molecular weight excluding hydrogens is 302 g/mol. The molecule has 0 saturated heterocycles. The molecule has 2 rings (SSSR count). The fraction of sp³-hybridized carbons (Fsp3) is 0.250. The SMILES string of the molecule is CCN(Cc1ccccc1)S(=O)(=O)c1ccc(SC)cc1. The van der Waals surface area contributed by atoms with Gasteiger partial charge in [0.15, 0.2) is 0 Å². The van der Waals surface area contributed by atoms with Crippen LogP contribution in [-0.4, -0.2) is 25.5 Å². The summed E-state index contributed by atoms with van der Waals surface area (Å²) >= 11 is 1.60. The molecule has 0 saturated carbocycles. The van der Waals surface area contributed by atoms with Gasteiger partial charge in [0.25, 0.3) is 0 Å². The third-order valence-electron chi connectivity index (χ3n) is 3.25. The van der Waals surface area contributed by atoms with Crippen LogP contribution >= 0.6 is 11.8 Å². The summed E-state index contributed by atoms with van der Waals surface area (Å²) in [5, 5.41) is 0. The normalized spacial score (nSPS) is 11.8. The van der Waals surface area contributed by atoms with Gasteiger partial charge in [-0.3, -0.25) is 0 Å². The van der Waals surface area contributed by atoms with Gasteiger partial charge in [0.05, 0.1) is 4.90 Å². The van der Waals surface area contributed by atoms with Crippen molar-refractivity contribution in [1.29, 1.82) is 0 Å². The summed E-state index contributed by atoms with van der Waals surface area (Å²) in [6.45, 7) is 2.70. The average molecular weight is 321 g/mol. The Balaban J connectivity index is 2.26. The van der Waals surface area contributed by atoms with Crippen molar-refractivity contribution in [2.75, 3.05) is 12.8 Å². The van der Waals surface area contributed by atoms with Gasteiger partial charge in [-0.05, 0) is 36.1 Å². The van der Waals surface area contributed by atoms with Crippen molar-refractivity contribution in [3.05, 3.63) is 60.2 Å². The first-order chi connectivity index (χ1) is 10.1. The minimum Gasteiger partial charge on any atom is -0.207 e. The number of hydrogen-bond acceptors (Lipinski definition) is 3. The van der Waals surface area contributed by atoms with Crippen molar-refractivity contribution < 1.29 is 8.42 Å². The summed E-state index contributed by atoms with van der Waals surface area (Å²) in [5.74, 6) is 0. The van der Waals surface area contributed by atoms with Crippen LogP contribution in [0, 0.1) is 0 Å². The Hall–Kier alpha value is -1.30. The van der Waals surface area contributed by atoms with Gasteiger partial charge >= 0.3 is 0 Å². The first-order valence-corrected chi connectivity index (χ1v) is 9.42. The van der Waals surface area contributed by atoms with Gasteiger partial charge in [-0.2, -0.15) is 4.31 Å². The molecule has 0 atom stereocenters. The molecule has 5 heteroatoms. The van der Waals surface area contributed by atoms with Gasteiger partial charge in [-0.15, -0.1) is 11.8 Å². The highest BCUT2D eigenvalue weighted by molar-refractivity contribution is 7.98. The molecular formula is C16H19NO2S2. The molecule has 0 heterocycles. The Labute approximate surface area is 131 Å². The number of thioether (sulfide) groups is 1. The molecule has 0 bridgehead atoms. The van der Waals surface area contributed by atoms with E-state index in [1.54, 1.807) is 23.9 Å². The Kier molecular flexibility index (Phi) is 5.45. The summed E-state index contributed by atoms with van der Waals surface area (Å²) in [5.41, 5.74) is 0.989. The second-order valence-electron chi connectivity index (χ2n) is 4.59. The van der Waals surface area contributed by atoms with Gasteiger partial charge in [0.2, 0.25) is 10.0 Å². The van der Waals surface area contributed by atoms with E-state index in [9.17, 15) is 8.42 Å². The number of hydrogen-bond donors (Lipinski definition) is 0. The molecule has 0 aliphatic heterocycles. The lowest BCUT2D eigenvalue weighted by Crippen LogP contribution is -2.30. The predicted octanol–water partition coefficient (Wildman–Crippen LogP) is 3.62. The van der Waals surface area contributed by atoms with Crippen molar-refractivity contribution in [2.45, 2.75) is 23.3 Å². The van der Waals surface area contributed by atoms with E-state index in [2.05, 4.69) is 0 Å². The summed E-state index contributed by atoms with van der Waals surface area (Å²) in [7, 11) is -3.45. The van der Waals surface area contributed by atoms with E-state index >= 15 is 0 Å². The fourth-order valence-corrected chi connectivity index (χ4v) is 3.90. The van der Waals surface area contributed by atoms with Gasteiger partial charge in [-0.1, -0.05) is 37.3 Å². The van der Waals surface area contributed by atoms with Crippen molar-refractivity contribution in [3.8, 4) is 0 Å². The fourth-order valence-electron chi connectivity index (χ4n) is 2.05. The van der Waals surface area contributed by atoms with E-state index in [0.717, 1.165) is 10.5 Å². The van der Waals surface area contributed by atoms with Crippen LogP contribution in [0.2, 0.25) is 0 Å². The van der Waals surface area contributed by atoms with Gasteiger partial charge in [0.1, 0.15) is 0 Å². The molecule has 0 unspecified atom stereocenters. The van der Waals surface area contributed by atoms with Gasteiger partial charge < -0.3 is 0 Å². The first-order valence-electron chi connectivity index (χ1n) is 6.76. The molecule has 0 radical (unpaired) electrons. The van der Waals surface area contributed by atoms with Crippen molar-refractivity contribution >= 4 is 21.8 Å². The number of rotatable bonds is 6. The highest BCUT2D eigenvalue weighted by atomic mass is 32.2. The zero-order chi connectivity index (χ0) is 15.3. The van der Waals surface area contributed by atoms with Crippen molar-refractivity contribution in [1.82, 2.24) is 4.31 Å². The molecule has 0 fully saturated rings. The van der Waals surface area contributed by atoms with Crippen LogP contribution < -0.4 is 0 Å². The zero-order valence-electron chi connectivity index (χ0n) is 12.2. The van der Waals surface area contributed by atoms with Crippen LogP contribution in [0.15, 0.2) is 64.4 Å². The Morgan fingerprint density at radius 1 is 1.00 bits per heavy atom. The Bertz CT molecular complexity index is 667. The lowest BCUT2D eigenvalue weighted by atomic mass is 10.2. The lowest BCUT2D eigenvalue weighted by molar-refractivity contribution is 0.423. The van der Waals surface area contributed by atoms with Crippen LogP contribution in [0.3, 0.4) is 0 Å². The highest BCUT2D eigenvalue weighted by Crippen LogP contribution is 2.21. The maximum atomic E-state index is 12.7. The number of benzene rings is 2. The first kappa shape index (κ1) is 16.1. The van der Waals surface area contributed by atoms with Gasteiger partial charge in [0, 0.05) is 18.0 Å². The smallest absolute Gasteiger partial charge is 0.207 e. The maximum absolute atomic E-state index is 12.7. The number of nitrogens with zero attached hydrogens (tertiary/aromatic N) is 1. The summed E-state index contributed by atoms with van der Waals surface area (Å²) < 4.78 is 26.9. The molecule has 0 aromatic heterocycles. The summed E-state index contributed by atoms with van der Waals surface area (Å²) in [6, 6.07) is 16.7. The second kappa shape index (κ2) is 7.11. The molecule has 0 spiro atoms. The summed E-state index contributed by atoms with van der Waals surface area (Å²) in [6.07, 6.45) is 1.97. The van der Waals surface area contributed by atoms with Crippen LogP contribution in [0.5, 0.6) is 0 Å². The molecule has 112 valence electrons. The quantitative estimate of drug-likeness (QED) is 0.763. The third kappa shape index (κ3) is 3.87. The van der Waals surface area contributed by atoms with Crippen LogP contribution in [-0.2, 0) is 16.6 Å². The molecule has 0 N–H and O–H groups in total. The van der Waals surface area contributed by atoms with Crippen LogP contribution in [0.4, 0.5) is 0 Å². The van der Waals surface area contributed by atoms with E-state index in [-0.39, 0.29) is 0 Å². The van der Waals surface area contributed by atoms with Gasteiger partial charge in [-0.25, -0.2) is 8.42 Å². The second-order valence-corrected chi connectivity index (χ2v) is 7.41. The van der Waals surface area contributed by atoms with E-state index in [1.165, 1.54) is 4.31 Å². The third-order valence-corrected chi connectivity index (χ3v) is 5.93. The minimum absolute atomic E-state index is 0.345. The summed E-state index contributed by atoms with van der Waals surface area (Å²) in [4.78, 5) is 1.40. The molecule has 0 amide bonds. The minimum atomic E-state index is -3.45. The lowest BCUT2D eigenvalue weighted by Gasteiger charge is -2.20. The Morgan fingerprint density at radius 3 is 2.14 bits per heavy atom. The van der Waals surface area contributed by atoms with Crippen molar-refractivity contribution in [3.63, 3.8) is 0 Å². The zero-order valence-corrected chi connectivity index (χ0v) is 13.8. The van der Waals surface area contributed by atoms with E-state index in [1.807, 2.05) is 55.6 Å². The van der Waals surface area contributed by atoms with E-state index in [0.29, 0.717) is 18.0 Å². The maximum Gasteiger partial charge on any atom is 0.243 e. The molecule has 2 aromatic rings. The molecule has 0 aliphatic rings. The number of sulfonamides is 1. The Morgan fingerprint density at radius 2 is 1.62 bits per heavy atom. The molecule has 2 aromatic carbocycles. The monoisotopic (exact) mass is 321 g/mol. The average Bonchev–Trinajstić information content (AvgIpc) is 2.53. The molecule has 3 nitrogen and oxygen atoms in total. The van der Waals surface area contributed by atoms with Crippen LogP contribution in [0.1, 0.15) is 12.5 Å². The molecule has 21 heavy (non-hydrogen) atoms. The standard InChI is InChI=1S/C16H19NO2S2/c1-3-17(13-14-7-5-4-6-8-14)21(18,19)16-11-9-15(20-2)10-12-16/h4-12H,3,13H2,1-2H3. The van der Waals surface area contributed by atoms with Crippen LogP contribution in [0.25, 0.3) is 0 Å². The largest absolute Gasteiger partial charge is 0.243 e. The predicted molar refractivity (Wildman–Crippen MR) is 87.9 cm³/mol. The van der Waals surface area contributed by atoms with E-state index < -0.39 is 10.0 Å². The van der Waals surface area contributed by atoms with E-state index in [4.69, 9.17) is 0 Å².